The second-order valence-electron chi connectivity index (χ2n) is 7.11. The van der Waals surface area contributed by atoms with Gasteiger partial charge in [-0.25, -0.2) is 4.79 Å². The quantitative estimate of drug-likeness (QED) is 0.833. The molecule has 0 unspecified atom stereocenters. The zero-order valence-electron chi connectivity index (χ0n) is 14.2. The molecule has 0 radical (unpaired) electrons. The lowest BCUT2D eigenvalue weighted by Gasteiger charge is -2.24. The third kappa shape index (κ3) is 3.52. The Bertz CT molecular complexity index is 646. The summed E-state index contributed by atoms with van der Waals surface area (Å²) in [4.78, 5) is 37.8. The van der Waals surface area contributed by atoms with Gasteiger partial charge >= 0.3 is 6.03 Å². The summed E-state index contributed by atoms with van der Waals surface area (Å²) >= 11 is 0. The molecule has 4 amide bonds. The highest BCUT2D eigenvalue weighted by atomic mass is 16.2. The first kappa shape index (κ1) is 17.0. The van der Waals surface area contributed by atoms with E-state index in [-0.39, 0.29) is 12.5 Å². The third-order valence-electron chi connectivity index (χ3n) is 3.72. The summed E-state index contributed by atoms with van der Waals surface area (Å²) in [5, 5.41) is 5.44. The molecule has 2 rings (SSSR count). The summed E-state index contributed by atoms with van der Waals surface area (Å²) in [5.41, 5.74) is 0.194. The van der Waals surface area contributed by atoms with Crippen LogP contribution in [0.25, 0.3) is 0 Å². The average Bonchev–Trinajstić information content (AvgIpc) is 2.62. The summed E-state index contributed by atoms with van der Waals surface area (Å²) in [6, 6.07) is 6.84. The fourth-order valence-electron chi connectivity index (χ4n) is 2.52. The predicted octanol–water partition coefficient (Wildman–Crippen LogP) is 1.68. The molecule has 1 aliphatic rings. The maximum absolute atomic E-state index is 12.7. The van der Waals surface area contributed by atoms with Crippen LogP contribution in [-0.2, 0) is 15.1 Å². The second kappa shape index (κ2) is 5.68. The molecule has 0 spiro atoms. The van der Waals surface area contributed by atoms with E-state index >= 15 is 0 Å². The van der Waals surface area contributed by atoms with Gasteiger partial charge in [-0.05, 0) is 40.2 Å². The maximum atomic E-state index is 12.7. The van der Waals surface area contributed by atoms with Crippen LogP contribution in [0.2, 0.25) is 0 Å². The number of hydrogen-bond acceptors (Lipinski definition) is 3. The molecule has 0 bridgehead atoms. The molecule has 1 fully saturated rings. The van der Waals surface area contributed by atoms with Crippen LogP contribution in [0.15, 0.2) is 24.3 Å². The number of rotatable bonds is 3. The van der Waals surface area contributed by atoms with Gasteiger partial charge in [-0.1, -0.05) is 29.8 Å². The summed E-state index contributed by atoms with van der Waals surface area (Å²) in [7, 11) is 0. The monoisotopic (exact) mass is 317 g/mol. The van der Waals surface area contributed by atoms with Gasteiger partial charge in [0.2, 0.25) is 5.91 Å². The Morgan fingerprint density at radius 1 is 1.22 bits per heavy atom. The van der Waals surface area contributed by atoms with Crippen LogP contribution in [0.5, 0.6) is 0 Å². The molecule has 0 aliphatic carbocycles. The van der Waals surface area contributed by atoms with E-state index < -0.39 is 23.0 Å². The SMILES string of the molecule is Cc1ccc([C@]2(C)NC(=O)N(CC(=O)NC(C)(C)C)C2=O)cc1. The van der Waals surface area contributed by atoms with Crippen LogP contribution in [0.4, 0.5) is 4.79 Å². The van der Waals surface area contributed by atoms with E-state index in [2.05, 4.69) is 10.6 Å². The number of imide groups is 1. The Balaban J connectivity index is 2.19. The minimum Gasteiger partial charge on any atom is -0.350 e. The lowest BCUT2D eigenvalue weighted by atomic mass is 9.91. The van der Waals surface area contributed by atoms with Gasteiger partial charge in [0.05, 0.1) is 0 Å². The molecule has 1 aromatic carbocycles. The predicted molar refractivity (Wildman–Crippen MR) is 86.7 cm³/mol. The van der Waals surface area contributed by atoms with Crippen LogP contribution in [0, 0.1) is 6.92 Å². The largest absolute Gasteiger partial charge is 0.350 e. The zero-order chi connectivity index (χ0) is 17.4. The third-order valence-corrected chi connectivity index (χ3v) is 3.72. The van der Waals surface area contributed by atoms with E-state index in [1.807, 2.05) is 52.0 Å². The van der Waals surface area contributed by atoms with Gasteiger partial charge < -0.3 is 10.6 Å². The molecular weight excluding hydrogens is 294 g/mol. The molecule has 1 saturated heterocycles. The van der Waals surface area contributed by atoms with Crippen molar-refractivity contribution >= 4 is 17.8 Å². The number of benzene rings is 1. The first-order chi connectivity index (χ1) is 10.5. The molecule has 2 N–H and O–H groups in total. The van der Waals surface area contributed by atoms with Crippen LogP contribution in [-0.4, -0.2) is 34.8 Å². The van der Waals surface area contributed by atoms with Crippen molar-refractivity contribution in [2.24, 2.45) is 0 Å². The highest BCUT2D eigenvalue weighted by molar-refractivity contribution is 6.09. The molecule has 124 valence electrons. The Morgan fingerprint density at radius 3 is 2.30 bits per heavy atom. The van der Waals surface area contributed by atoms with E-state index in [9.17, 15) is 14.4 Å². The van der Waals surface area contributed by atoms with Gasteiger partial charge in [0.25, 0.3) is 5.91 Å². The highest BCUT2D eigenvalue weighted by Gasteiger charge is 2.49. The van der Waals surface area contributed by atoms with Crippen LogP contribution >= 0.6 is 0 Å². The van der Waals surface area contributed by atoms with Gasteiger partial charge in [0.15, 0.2) is 0 Å². The number of nitrogens with one attached hydrogen (secondary N) is 2. The van der Waals surface area contributed by atoms with E-state index in [1.165, 1.54) is 0 Å². The standard InChI is InChI=1S/C17H23N3O3/c1-11-6-8-12(9-7-11)17(5)14(22)20(15(23)19-17)10-13(21)18-16(2,3)4/h6-9H,10H2,1-5H3,(H,18,21)(H,19,23)/t17-/m0/s1. The van der Waals surface area contributed by atoms with Crippen molar-refractivity contribution in [2.45, 2.75) is 45.7 Å². The number of hydrogen-bond donors (Lipinski definition) is 2. The molecule has 0 aromatic heterocycles. The van der Waals surface area contributed by atoms with Gasteiger partial charge in [-0.15, -0.1) is 0 Å². The number of urea groups is 1. The van der Waals surface area contributed by atoms with Crippen LogP contribution in [0.1, 0.15) is 38.8 Å². The minimum absolute atomic E-state index is 0.288. The molecule has 0 saturated carbocycles. The highest BCUT2D eigenvalue weighted by Crippen LogP contribution is 2.28. The summed E-state index contributed by atoms with van der Waals surface area (Å²) in [6.07, 6.45) is 0. The average molecular weight is 317 g/mol. The Morgan fingerprint density at radius 2 is 1.78 bits per heavy atom. The van der Waals surface area contributed by atoms with Crippen LogP contribution < -0.4 is 10.6 Å². The molecule has 6 nitrogen and oxygen atoms in total. The van der Waals surface area contributed by atoms with Gasteiger partial charge in [-0.3, -0.25) is 14.5 Å². The van der Waals surface area contributed by atoms with Crippen molar-refractivity contribution in [1.29, 1.82) is 0 Å². The van der Waals surface area contributed by atoms with E-state index in [0.29, 0.717) is 5.56 Å². The first-order valence-electron chi connectivity index (χ1n) is 7.55. The number of carbonyl (C=O) groups is 3. The van der Waals surface area contributed by atoms with Crippen molar-refractivity contribution in [3.05, 3.63) is 35.4 Å². The van der Waals surface area contributed by atoms with E-state index in [0.717, 1.165) is 10.5 Å². The maximum Gasteiger partial charge on any atom is 0.325 e. The lowest BCUT2D eigenvalue weighted by molar-refractivity contribution is -0.135. The topological polar surface area (TPSA) is 78.5 Å². The lowest BCUT2D eigenvalue weighted by Crippen LogP contribution is -2.48. The van der Waals surface area contributed by atoms with E-state index in [4.69, 9.17) is 0 Å². The zero-order valence-corrected chi connectivity index (χ0v) is 14.2. The van der Waals surface area contributed by atoms with Crippen molar-refractivity contribution in [3.8, 4) is 0 Å². The van der Waals surface area contributed by atoms with Gasteiger partial charge in [-0.2, -0.15) is 0 Å². The molecular formula is C17H23N3O3. The molecule has 1 atom stereocenters. The Hall–Kier alpha value is -2.37. The Labute approximate surface area is 136 Å². The Kier molecular flexibility index (Phi) is 4.20. The molecule has 1 aromatic rings. The van der Waals surface area contributed by atoms with Gasteiger partial charge in [0, 0.05) is 5.54 Å². The molecule has 1 heterocycles. The number of amides is 4. The first-order valence-corrected chi connectivity index (χ1v) is 7.55. The van der Waals surface area contributed by atoms with Crippen molar-refractivity contribution < 1.29 is 14.4 Å². The molecule has 1 aliphatic heterocycles. The number of nitrogens with zero attached hydrogens (tertiary/aromatic N) is 1. The number of aryl methyl sites for hydroxylation is 1. The summed E-state index contributed by atoms with van der Waals surface area (Å²) in [6.45, 7) is 8.83. The fourth-order valence-corrected chi connectivity index (χ4v) is 2.52. The van der Waals surface area contributed by atoms with Crippen LogP contribution in [0.3, 0.4) is 0 Å². The second-order valence-corrected chi connectivity index (χ2v) is 7.11. The fraction of sp³-hybridized carbons (Fsp3) is 0.471. The number of carbonyl (C=O) groups excluding carboxylic acids is 3. The van der Waals surface area contributed by atoms with Crippen molar-refractivity contribution in [1.82, 2.24) is 15.5 Å². The smallest absolute Gasteiger partial charge is 0.325 e. The summed E-state index contributed by atoms with van der Waals surface area (Å²) < 4.78 is 0. The minimum atomic E-state index is -1.15. The molecule has 6 heteroatoms. The summed E-state index contributed by atoms with van der Waals surface area (Å²) in [5.74, 6) is -0.787. The molecule has 23 heavy (non-hydrogen) atoms. The van der Waals surface area contributed by atoms with Gasteiger partial charge in [0.1, 0.15) is 12.1 Å². The van der Waals surface area contributed by atoms with Crippen molar-refractivity contribution in [2.75, 3.05) is 6.54 Å². The van der Waals surface area contributed by atoms with Crippen molar-refractivity contribution in [3.63, 3.8) is 0 Å². The van der Waals surface area contributed by atoms with E-state index in [1.54, 1.807) is 6.92 Å². The normalized spacial score (nSPS) is 21.3.